The number of benzene rings is 2. The molecule has 0 atom stereocenters. The van der Waals surface area contributed by atoms with Crippen molar-refractivity contribution >= 4 is 0 Å². The minimum absolute atomic E-state index is 0.191. The Balaban J connectivity index is 1.85. The molecule has 0 bridgehead atoms. The summed E-state index contributed by atoms with van der Waals surface area (Å²) >= 11 is 0. The molecule has 4 nitrogen and oxygen atoms in total. The van der Waals surface area contributed by atoms with Gasteiger partial charge >= 0.3 is 0 Å². The molecular weight excluding hydrogens is 266 g/mol. The molecule has 0 aliphatic carbocycles. The van der Waals surface area contributed by atoms with Crippen molar-refractivity contribution in [1.29, 1.82) is 0 Å². The van der Waals surface area contributed by atoms with Gasteiger partial charge < -0.3 is 19.5 Å². The summed E-state index contributed by atoms with van der Waals surface area (Å²) < 4.78 is 16.5. The van der Waals surface area contributed by atoms with E-state index in [2.05, 4.69) is 5.32 Å². The molecule has 0 amide bonds. The van der Waals surface area contributed by atoms with Crippen LogP contribution in [0.1, 0.15) is 11.1 Å². The summed E-state index contributed by atoms with van der Waals surface area (Å²) in [6.45, 7) is 1.51. The maximum absolute atomic E-state index is 5.62. The quantitative estimate of drug-likeness (QED) is 0.598. The van der Waals surface area contributed by atoms with Crippen LogP contribution in [0.2, 0.25) is 0 Å². The molecule has 0 aliphatic heterocycles. The first-order valence-electron chi connectivity index (χ1n) is 6.89. The Bertz CT molecular complexity index is 543. The Morgan fingerprint density at radius 1 is 0.952 bits per heavy atom. The topological polar surface area (TPSA) is 39.7 Å². The molecule has 0 unspecified atom stereocenters. The molecule has 112 valence electrons. The van der Waals surface area contributed by atoms with Gasteiger partial charge in [0.25, 0.3) is 0 Å². The lowest BCUT2D eigenvalue weighted by Crippen LogP contribution is -2.07. The first-order chi connectivity index (χ1) is 10.3. The zero-order chi connectivity index (χ0) is 14.9. The van der Waals surface area contributed by atoms with Crippen molar-refractivity contribution in [1.82, 2.24) is 5.32 Å². The molecule has 0 fully saturated rings. The molecule has 2 aromatic rings. The molecule has 0 aliphatic rings. The van der Waals surface area contributed by atoms with E-state index in [1.54, 1.807) is 7.11 Å². The SMILES string of the molecule is CNCc1ccc(OCOCc2ccccc2)c(OC)c1. The second kappa shape index (κ2) is 8.29. The molecule has 2 aromatic carbocycles. The van der Waals surface area contributed by atoms with E-state index < -0.39 is 0 Å². The molecule has 21 heavy (non-hydrogen) atoms. The average Bonchev–Trinajstić information content (AvgIpc) is 2.53. The standard InChI is InChI=1S/C17H21NO3/c1-18-11-15-8-9-16(17(10-15)19-2)21-13-20-12-14-6-4-3-5-7-14/h3-10,18H,11-13H2,1-2H3. The smallest absolute Gasteiger partial charge is 0.189 e. The van der Waals surface area contributed by atoms with Gasteiger partial charge in [0, 0.05) is 6.54 Å². The van der Waals surface area contributed by atoms with E-state index in [-0.39, 0.29) is 6.79 Å². The van der Waals surface area contributed by atoms with Crippen LogP contribution in [0, 0.1) is 0 Å². The third-order valence-corrected chi connectivity index (χ3v) is 3.02. The van der Waals surface area contributed by atoms with Gasteiger partial charge in [0.2, 0.25) is 0 Å². The fraction of sp³-hybridized carbons (Fsp3) is 0.294. The van der Waals surface area contributed by atoms with E-state index in [0.717, 1.165) is 17.7 Å². The molecular formula is C17H21NO3. The van der Waals surface area contributed by atoms with Crippen LogP contribution in [0.25, 0.3) is 0 Å². The zero-order valence-electron chi connectivity index (χ0n) is 12.5. The summed E-state index contributed by atoms with van der Waals surface area (Å²) in [6, 6.07) is 15.9. The van der Waals surface area contributed by atoms with Crippen LogP contribution in [0.4, 0.5) is 0 Å². The summed E-state index contributed by atoms with van der Waals surface area (Å²) in [5, 5.41) is 3.10. The number of hydrogen-bond acceptors (Lipinski definition) is 4. The lowest BCUT2D eigenvalue weighted by Gasteiger charge is -2.12. The molecule has 4 heteroatoms. The monoisotopic (exact) mass is 287 g/mol. The minimum atomic E-state index is 0.191. The van der Waals surface area contributed by atoms with Gasteiger partial charge in [0.05, 0.1) is 13.7 Å². The minimum Gasteiger partial charge on any atom is -0.493 e. The molecule has 0 saturated heterocycles. The summed E-state index contributed by atoms with van der Waals surface area (Å²) in [5.41, 5.74) is 2.27. The van der Waals surface area contributed by atoms with Gasteiger partial charge in [-0.25, -0.2) is 0 Å². The lowest BCUT2D eigenvalue weighted by atomic mass is 10.2. The highest BCUT2D eigenvalue weighted by Gasteiger charge is 2.05. The summed E-state index contributed by atoms with van der Waals surface area (Å²) in [4.78, 5) is 0. The first-order valence-corrected chi connectivity index (χ1v) is 6.89. The van der Waals surface area contributed by atoms with Gasteiger partial charge in [-0.3, -0.25) is 0 Å². The zero-order valence-corrected chi connectivity index (χ0v) is 12.5. The van der Waals surface area contributed by atoms with E-state index in [9.17, 15) is 0 Å². The maximum Gasteiger partial charge on any atom is 0.189 e. The van der Waals surface area contributed by atoms with E-state index in [1.807, 2.05) is 55.6 Å². The summed E-state index contributed by atoms with van der Waals surface area (Å²) in [6.07, 6.45) is 0. The van der Waals surface area contributed by atoms with Crippen LogP contribution in [-0.4, -0.2) is 21.0 Å². The number of ether oxygens (including phenoxy) is 3. The maximum atomic E-state index is 5.62. The second-order valence-corrected chi connectivity index (χ2v) is 4.61. The Hall–Kier alpha value is -2.04. The van der Waals surface area contributed by atoms with Crippen LogP contribution in [-0.2, 0) is 17.9 Å². The van der Waals surface area contributed by atoms with Crippen molar-refractivity contribution in [3.63, 3.8) is 0 Å². The molecule has 0 saturated carbocycles. The lowest BCUT2D eigenvalue weighted by molar-refractivity contribution is 0.00375. The normalized spacial score (nSPS) is 10.4. The number of rotatable bonds is 8. The molecule has 1 N–H and O–H groups in total. The predicted octanol–water partition coefficient (Wildman–Crippen LogP) is 2.97. The van der Waals surface area contributed by atoms with Crippen molar-refractivity contribution in [2.24, 2.45) is 0 Å². The summed E-state index contributed by atoms with van der Waals surface area (Å²) in [5.74, 6) is 1.40. The third kappa shape index (κ3) is 4.77. The fourth-order valence-corrected chi connectivity index (χ4v) is 1.98. The number of hydrogen-bond donors (Lipinski definition) is 1. The van der Waals surface area contributed by atoms with Crippen LogP contribution >= 0.6 is 0 Å². The van der Waals surface area contributed by atoms with Crippen molar-refractivity contribution in [2.45, 2.75) is 13.2 Å². The van der Waals surface area contributed by atoms with Gasteiger partial charge in [0.1, 0.15) is 0 Å². The number of methoxy groups -OCH3 is 1. The second-order valence-electron chi connectivity index (χ2n) is 4.61. The number of nitrogens with one attached hydrogen (secondary N) is 1. The molecule has 0 radical (unpaired) electrons. The molecule has 2 rings (SSSR count). The van der Waals surface area contributed by atoms with Crippen molar-refractivity contribution in [3.8, 4) is 11.5 Å². The van der Waals surface area contributed by atoms with E-state index in [0.29, 0.717) is 18.1 Å². The Kier molecular flexibility index (Phi) is 6.06. The Labute approximate surface area is 125 Å². The van der Waals surface area contributed by atoms with Crippen LogP contribution in [0.5, 0.6) is 11.5 Å². The van der Waals surface area contributed by atoms with E-state index in [1.165, 1.54) is 0 Å². The molecule has 0 spiro atoms. The van der Waals surface area contributed by atoms with E-state index in [4.69, 9.17) is 14.2 Å². The fourth-order valence-electron chi connectivity index (χ4n) is 1.98. The van der Waals surface area contributed by atoms with Gasteiger partial charge in [-0.05, 0) is 30.3 Å². The average molecular weight is 287 g/mol. The molecule has 0 aromatic heterocycles. The van der Waals surface area contributed by atoms with Crippen LogP contribution in [0.3, 0.4) is 0 Å². The molecule has 0 heterocycles. The summed E-state index contributed by atoms with van der Waals surface area (Å²) in [7, 11) is 3.55. The Morgan fingerprint density at radius 2 is 1.76 bits per heavy atom. The Morgan fingerprint density at radius 3 is 2.48 bits per heavy atom. The highest BCUT2D eigenvalue weighted by Crippen LogP contribution is 2.28. The van der Waals surface area contributed by atoms with Crippen LogP contribution < -0.4 is 14.8 Å². The largest absolute Gasteiger partial charge is 0.493 e. The highest BCUT2D eigenvalue weighted by atomic mass is 16.7. The van der Waals surface area contributed by atoms with Crippen molar-refractivity contribution in [2.75, 3.05) is 21.0 Å². The van der Waals surface area contributed by atoms with Crippen LogP contribution in [0.15, 0.2) is 48.5 Å². The van der Waals surface area contributed by atoms with Gasteiger partial charge in [-0.2, -0.15) is 0 Å². The van der Waals surface area contributed by atoms with Crippen molar-refractivity contribution < 1.29 is 14.2 Å². The first kappa shape index (κ1) is 15.4. The highest BCUT2D eigenvalue weighted by molar-refractivity contribution is 5.42. The van der Waals surface area contributed by atoms with Crippen molar-refractivity contribution in [3.05, 3.63) is 59.7 Å². The van der Waals surface area contributed by atoms with E-state index >= 15 is 0 Å². The predicted molar refractivity (Wildman–Crippen MR) is 82.5 cm³/mol. The van der Waals surface area contributed by atoms with Gasteiger partial charge in [0.15, 0.2) is 18.3 Å². The van der Waals surface area contributed by atoms with Gasteiger partial charge in [-0.15, -0.1) is 0 Å². The third-order valence-electron chi connectivity index (χ3n) is 3.02. The van der Waals surface area contributed by atoms with Gasteiger partial charge in [-0.1, -0.05) is 36.4 Å².